The predicted octanol–water partition coefficient (Wildman–Crippen LogP) is 5.79. The Morgan fingerprint density at radius 2 is 1.97 bits per heavy atom. The van der Waals surface area contributed by atoms with Gasteiger partial charge in [0.25, 0.3) is 0 Å². The van der Waals surface area contributed by atoms with E-state index < -0.39 is 23.4 Å². The van der Waals surface area contributed by atoms with Crippen LogP contribution < -0.4 is 10.5 Å². The number of halogens is 3. The first kappa shape index (κ1) is 29.2. The number of likely N-dealkylation sites (tertiary alicyclic amines) is 1. The molecule has 2 aromatic carbocycles. The van der Waals surface area contributed by atoms with Gasteiger partial charge in [-0.05, 0) is 86.0 Å². The molecule has 0 saturated carbocycles. The molecule has 1 aliphatic rings. The van der Waals surface area contributed by atoms with Crippen molar-refractivity contribution in [2.24, 2.45) is 11.1 Å². The van der Waals surface area contributed by atoms with Crippen LogP contribution in [-0.4, -0.2) is 53.5 Å². The Labute approximate surface area is 230 Å². The highest BCUT2D eigenvalue weighted by Gasteiger charge is 2.36. The summed E-state index contributed by atoms with van der Waals surface area (Å²) in [5.41, 5.74) is 8.69. The fraction of sp³-hybridized carbons (Fsp3) is 0.448. The van der Waals surface area contributed by atoms with Crippen LogP contribution in [0.25, 0.3) is 10.9 Å². The van der Waals surface area contributed by atoms with E-state index in [9.17, 15) is 23.1 Å². The Balaban J connectivity index is 1.37. The number of piperidine rings is 1. The Hall–Kier alpha value is -2.82. The van der Waals surface area contributed by atoms with Gasteiger partial charge in [-0.15, -0.1) is 11.8 Å². The van der Waals surface area contributed by atoms with Gasteiger partial charge in [-0.25, -0.2) is 13.2 Å². The average molecular weight is 562 g/mol. The number of carboxylic acids is 1. The van der Waals surface area contributed by atoms with Crippen molar-refractivity contribution < 1.29 is 27.8 Å². The fourth-order valence-electron chi connectivity index (χ4n) is 5.52. The van der Waals surface area contributed by atoms with Crippen LogP contribution in [0.15, 0.2) is 41.4 Å². The second-order valence-electron chi connectivity index (χ2n) is 10.2. The van der Waals surface area contributed by atoms with E-state index in [1.54, 1.807) is 7.11 Å². The number of hydrogen-bond donors (Lipinski definition) is 2. The largest absolute Gasteiger partial charge is 0.497 e. The molecule has 0 unspecified atom stereocenters. The lowest BCUT2D eigenvalue weighted by Gasteiger charge is -2.41. The van der Waals surface area contributed by atoms with Crippen LogP contribution in [-0.2, 0) is 17.8 Å². The molecule has 6 nitrogen and oxygen atoms in total. The van der Waals surface area contributed by atoms with E-state index in [1.165, 1.54) is 0 Å². The third-order valence-corrected chi connectivity index (χ3v) is 8.69. The summed E-state index contributed by atoms with van der Waals surface area (Å²) in [5.74, 6) is -2.59. The first-order valence-corrected chi connectivity index (χ1v) is 14.1. The number of benzene rings is 2. The fourth-order valence-corrected chi connectivity index (χ4v) is 6.50. The molecule has 10 heteroatoms. The van der Waals surface area contributed by atoms with E-state index in [1.807, 2.05) is 24.4 Å². The number of nitrogens with zero attached hydrogens (tertiary/aromatic N) is 2. The number of ether oxygens (including phenoxy) is 1. The zero-order valence-corrected chi connectivity index (χ0v) is 22.8. The van der Waals surface area contributed by atoms with Gasteiger partial charge in [-0.2, -0.15) is 0 Å². The summed E-state index contributed by atoms with van der Waals surface area (Å²) in [6.45, 7) is 2.43. The van der Waals surface area contributed by atoms with Crippen LogP contribution in [0.3, 0.4) is 0 Å². The number of aryl methyl sites for hydroxylation is 1. The van der Waals surface area contributed by atoms with Crippen LogP contribution in [0, 0.1) is 22.9 Å². The molecule has 1 fully saturated rings. The Bertz CT molecular complexity index is 1310. The number of pyridine rings is 1. The second kappa shape index (κ2) is 13.0. The Morgan fingerprint density at radius 1 is 1.21 bits per heavy atom. The molecule has 3 aromatic rings. The van der Waals surface area contributed by atoms with Gasteiger partial charge < -0.3 is 20.5 Å². The highest BCUT2D eigenvalue weighted by atomic mass is 32.2. The number of rotatable bonds is 12. The van der Waals surface area contributed by atoms with E-state index in [4.69, 9.17) is 10.5 Å². The van der Waals surface area contributed by atoms with Crippen molar-refractivity contribution in [1.29, 1.82) is 0 Å². The summed E-state index contributed by atoms with van der Waals surface area (Å²) in [6.07, 6.45) is 5.75. The average Bonchev–Trinajstić information content (AvgIpc) is 2.91. The van der Waals surface area contributed by atoms with Crippen LogP contribution in [0.5, 0.6) is 5.75 Å². The number of aromatic nitrogens is 1. The Kier molecular flexibility index (Phi) is 9.74. The summed E-state index contributed by atoms with van der Waals surface area (Å²) >= 11 is 1.08. The van der Waals surface area contributed by atoms with E-state index in [0.29, 0.717) is 24.9 Å². The molecule has 0 radical (unpaired) electrons. The van der Waals surface area contributed by atoms with Gasteiger partial charge in [0.05, 0.1) is 19.0 Å². The number of hydrogen-bond acceptors (Lipinski definition) is 6. The summed E-state index contributed by atoms with van der Waals surface area (Å²) in [5, 5.41) is 10.7. The number of thioether (sulfide) groups is 1. The highest BCUT2D eigenvalue weighted by molar-refractivity contribution is 7.99. The van der Waals surface area contributed by atoms with Crippen molar-refractivity contribution in [2.45, 2.75) is 50.0 Å². The van der Waals surface area contributed by atoms with Crippen molar-refractivity contribution in [2.75, 3.05) is 32.5 Å². The summed E-state index contributed by atoms with van der Waals surface area (Å²) < 4.78 is 46.3. The molecule has 39 heavy (non-hydrogen) atoms. The van der Waals surface area contributed by atoms with Crippen LogP contribution in [0.1, 0.15) is 43.2 Å². The maximum atomic E-state index is 13.9. The topological polar surface area (TPSA) is 88.7 Å². The molecule has 1 aliphatic heterocycles. The van der Waals surface area contributed by atoms with Gasteiger partial charge in [-0.1, -0.05) is 0 Å². The first-order chi connectivity index (χ1) is 18.7. The van der Waals surface area contributed by atoms with Crippen LogP contribution in [0.2, 0.25) is 0 Å². The molecule has 210 valence electrons. The lowest BCUT2D eigenvalue weighted by molar-refractivity contribution is -0.140. The molecular weight excluding hydrogens is 527 g/mol. The quantitative estimate of drug-likeness (QED) is 0.214. The highest BCUT2D eigenvalue weighted by Crippen LogP contribution is 2.40. The number of carbonyl (C=O) groups is 1. The van der Waals surface area contributed by atoms with E-state index in [0.717, 1.165) is 90.8 Å². The minimum absolute atomic E-state index is 0.0390. The predicted molar refractivity (Wildman–Crippen MR) is 147 cm³/mol. The van der Waals surface area contributed by atoms with Crippen molar-refractivity contribution in [3.63, 3.8) is 0 Å². The van der Waals surface area contributed by atoms with Gasteiger partial charge in [0.15, 0.2) is 11.6 Å². The van der Waals surface area contributed by atoms with Gasteiger partial charge in [-0.3, -0.25) is 9.78 Å². The molecule has 1 aromatic heterocycles. The van der Waals surface area contributed by atoms with Crippen LogP contribution >= 0.6 is 11.8 Å². The van der Waals surface area contributed by atoms with E-state index >= 15 is 0 Å². The smallest absolute Gasteiger partial charge is 0.303 e. The molecule has 2 heterocycles. The molecule has 1 saturated heterocycles. The number of fused-ring (bicyclic) bond motifs is 1. The van der Waals surface area contributed by atoms with Crippen molar-refractivity contribution >= 4 is 28.6 Å². The second-order valence-corrected chi connectivity index (χ2v) is 11.3. The number of carboxylic acid groups (broad SMARTS) is 1. The maximum Gasteiger partial charge on any atom is 0.303 e. The molecule has 0 amide bonds. The SMILES string of the molecule is COc1ccc2ncc(CN)c(CCCC3(CC(=O)O)CCN(CCSc4cc(F)cc(F)c4F)CC3)c2c1. The summed E-state index contributed by atoms with van der Waals surface area (Å²) in [6, 6.07) is 7.33. The minimum atomic E-state index is -1.19. The van der Waals surface area contributed by atoms with Gasteiger partial charge in [0, 0.05) is 41.4 Å². The van der Waals surface area contributed by atoms with Crippen molar-refractivity contribution in [3.05, 3.63) is 65.1 Å². The minimum Gasteiger partial charge on any atom is -0.497 e. The zero-order chi connectivity index (χ0) is 28.0. The summed E-state index contributed by atoms with van der Waals surface area (Å²) in [4.78, 5) is 18.5. The zero-order valence-electron chi connectivity index (χ0n) is 22.0. The van der Waals surface area contributed by atoms with Crippen molar-refractivity contribution in [3.8, 4) is 5.75 Å². The monoisotopic (exact) mass is 561 g/mol. The van der Waals surface area contributed by atoms with Gasteiger partial charge in [0.1, 0.15) is 11.6 Å². The molecule has 0 aliphatic carbocycles. The van der Waals surface area contributed by atoms with Gasteiger partial charge >= 0.3 is 5.97 Å². The molecule has 0 atom stereocenters. The first-order valence-electron chi connectivity index (χ1n) is 13.1. The molecule has 0 bridgehead atoms. The lowest BCUT2D eigenvalue weighted by atomic mass is 9.72. The molecular formula is C29H34F3N3O3S. The Morgan fingerprint density at radius 3 is 2.67 bits per heavy atom. The van der Waals surface area contributed by atoms with E-state index in [-0.39, 0.29) is 16.7 Å². The molecule has 0 spiro atoms. The van der Waals surface area contributed by atoms with E-state index in [2.05, 4.69) is 9.88 Å². The normalized spacial score (nSPS) is 15.5. The standard InChI is InChI=1S/C29H34F3N3O3S/c1-38-21-4-5-25-23(15-21)22(19(17-33)18-34-25)3-2-6-29(16-27(36)37)7-9-35(10-8-29)11-12-39-26-14-20(30)13-24(31)28(26)32/h4-5,13-15,18H,2-3,6-12,16-17,33H2,1H3,(H,36,37). The number of aliphatic carboxylic acids is 1. The molecule has 4 rings (SSSR count). The third kappa shape index (κ3) is 7.23. The number of methoxy groups -OCH3 is 1. The lowest BCUT2D eigenvalue weighted by Crippen LogP contribution is -2.42. The summed E-state index contributed by atoms with van der Waals surface area (Å²) in [7, 11) is 1.63. The maximum absolute atomic E-state index is 13.9. The number of nitrogens with two attached hydrogens (primary N) is 1. The van der Waals surface area contributed by atoms with Crippen LogP contribution in [0.4, 0.5) is 13.2 Å². The van der Waals surface area contributed by atoms with Gasteiger partial charge in [0.2, 0.25) is 0 Å². The molecule has 3 N–H and O–H groups in total. The third-order valence-electron chi connectivity index (χ3n) is 7.70. The van der Waals surface area contributed by atoms with Crippen molar-refractivity contribution in [1.82, 2.24) is 9.88 Å².